The van der Waals surface area contributed by atoms with Crippen LogP contribution < -0.4 is 14.5 Å². The normalized spacial score (nSPS) is 14.6. The van der Waals surface area contributed by atoms with E-state index < -0.39 is 15.8 Å². The molecular formula is C16H20FN5O2S. The fourth-order valence-electron chi connectivity index (χ4n) is 2.66. The highest BCUT2D eigenvalue weighted by atomic mass is 32.2. The van der Waals surface area contributed by atoms with Crippen molar-refractivity contribution in [3.8, 4) is 0 Å². The maximum absolute atomic E-state index is 13.0. The lowest BCUT2D eigenvalue weighted by atomic mass is 10.4. The number of halogens is 1. The minimum absolute atomic E-state index is 0.0257. The van der Waals surface area contributed by atoms with Crippen LogP contribution in [-0.4, -0.2) is 45.6 Å². The van der Waals surface area contributed by atoms with E-state index in [-0.39, 0.29) is 10.6 Å². The van der Waals surface area contributed by atoms with Gasteiger partial charge in [0.2, 0.25) is 5.95 Å². The molecule has 3 rings (SSSR count). The highest BCUT2D eigenvalue weighted by molar-refractivity contribution is 7.92. The Balaban J connectivity index is 1.92. The Morgan fingerprint density at radius 3 is 2.40 bits per heavy atom. The van der Waals surface area contributed by atoms with Gasteiger partial charge in [0.15, 0.2) is 5.82 Å². The lowest BCUT2D eigenvalue weighted by molar-refractivity contribution is 0.599. The molecule has 0 unspecified atom stereocenters. The highest BCUT2D eigenvalue weighted by Crippen LogP contribution is 2.27. The van der Waals surface area contributed by atoms with Crippen LogP contribution in [0.3, 0.4) is 0 Å². The first-order valence-electron chi connectivity index (χ1n) is 7.94. The van der Waals surface area contributed by atoms with E-state index in [1.807, 2.05) is 0 Å². The molecule has 0 amide bonds. The number of anilines is 3. The molecule has 1 fully saturated rings. The van der Waals surface area contributed by atoms with E-state index in [1.54, 1.807) is 19.0 Å². The lowest BCUT2D eigenvalue weighted by Gasteiger charge is -2.21. The van der Waals surface area contributed by atoms with Gasteiger partial charge in [-0.05, 0) is 37.1 Å². The molecule has 134 valence electrons. The zero-order valence-electron chi connectivity index (χ0n) is 14.1. The van der Waals surface area contributed by atoms with Crippen LogP contribution in [0, 0.1) is 5.82 Å². The zero-order chi connectivity index (χ0) is 18.0. The van der Waals surface area contributed by atoms with Gasteiger partial charge in [0.05, 0.1) is 11.1 Å². The number of nitrogens with zero attached hydrogens (tertiary/aromatic N) is 4. The summed E-state index contributed by atoms with van der Waals surface area (Å²) < 4.78 is 40.5. The molecule has 2 aromatic rings. The molecule has 1 aromatic carbocycles. The molecule has 1 aliphatic rings. The molecular weight excluding hydrogens is 345 g/mol. The molecule has 1 aliphatic heterocycles. The van der Waals surface area contributed by atoms with E-state index in [4.69, 9.17) is 0 Å². The van der Waals surface area contributed by atoms with Crippen molar-refractivity contribution in [3.05, 3.63) is 36.3 Å². The van der Waals surface area contributed by atoms with Gasteiger partial charge in [0.25, 0.3) is 10.0 Å². The summed E-state index contributed by atoms with van der Waals surface area (Å²) in [5.41, 5.74) is 0.275. The summed E-state index contributed by atoms with van der Waals surface area (Å²) in [7, 11) is -0.288. The molecule has 7 nitrogen and oxygen atoms in total. The van der Waals surface area contributed by atoms with Gasteiger partial charge in [-0.25, -0.2) is 17.8 Å². The number of hydrogen-bond donors (Lipinski definition) is 1. The van der Waals surface area contributed by atoms with Crippen molar-refractivity contribution in [1.29, 1.82) is 0 Å². The fourth-order valence-corrected chi connectivity index (χ4v) is 3.71. The number of nitrogens with one attached hydrogen (secondary N) is 1. The highest BCUT2D eigenvalue weighted by Gasteiger charge is 2.21. The third-order valence-electron chi connectivity index (χ3n) is 3.94. The van der Waals surface area contributed by atoms with Crippen LogP contribution in [0.25, 0.3) is 0 Å². The van der Waals surface area contributed by atoms with Crippen LogP contribution in [0.1, 0.15) is 12.8 Å². The maximum Gasteiger partial charge on any atom is 0.262 e. The number of aromatic nitrogens is 2. The Labute approximate surface area is 146 Å². The largest absolute Gasteiger partial charge is 0.361 e. The van der Waals surface area contributed by atoms with E-state index >= 15 is 0 Å². The summed E-state index contributed by atoms with van der Waals surface area (Å²) in [5, 5.41) is 0. The van der Waals surface area contributed by atoms with Crippen molar-refractivity contribution >= 4 is 27.5 Å². The molecule has 1 saturated heterocycles. The van der Waals surface area contributed by atoms with Crippen LogP contribution >= 0.6 is 0 Å². The number of hydrogen-bond acceptors (Lipinski definition) is 6. The topological polar surface area (TPSA) is 78.4 Å². The van der Waals surface area contributed by atoms with Crippen LogP contribution in [0.5, 0.6) is 0 Å². The first-order valence-corrected chi connectivity index (χ1v) is 9.43. The van der Waals surface area contributed by atoms with Gasteiger partial charge in [-0.3, -0.25) is 4.72 Å². The summed E-state index contributed by atoms with van der Waals surface area (Å²) in [5.74, 6) is 0.569. The fraction of sp³-hybridized carbons (Fsp3) is 0.375. The smallest absolute Gasteiger partial charge is 0.262 e. The van der Waals surface area contributed by atoms with E-state index in [0.717, 1.165) is 38.1 Å². The molecule has 0 saturated carbocycles. The average molecular weight is 365 g/mol. The number of rotatable bonds is 5. The molecule has 2 heterocycles. The van der Waals surface area contributed by atoms with Gasteiger partial charge < -0.3 is 9.80 Å². The molecule has 0 radical (unpaired) electrons. The van der Waals surface area contributed by atoms with Crippen molar-refractivity contribution in [2.45, 2.75) is 17.7 Å². The quantitative estimate of drug-likeness (QED) is 0.874. The summed E-state index contributed by atoms with van der Waals surface area (Å²) >= 11 is 0. The van der Waals surface area contributed by atoms with Gasteiger partial charge in [-0.15, -0.1) is 0 Å². The molecule has 9 heteroatoms. The van der Waals surface area contributed by atoms with Crippen molar-refractivity contribution in [3.63, 3.8) is 0 Å². The Morgan fingerprint density at radius 2 is 1.80 bits per heavy atom. The molecule has 0 aliphatic carbocycles. The van der Waals surface area contributed by atoms with Crippen LogP contribution in [0.15, 0.2) is 35.4 Å². The third kappa shape index (κ3) is 3.81. The lowest BCUT2D eigenvalue weighted by Crippen LogP contribution is -2.24. The second-order valence-electron chi connectivity index (χ2n) is 6.06. The molecule has 1 aromatic heterocycles. The predicted molar refractivity (Wildman–Crippen MR) is 95.0 cm³/mol. The Bertz CT molecular complexity index is 849. The Hall–Kier alpha value is -2.42. The Kier molecular flexibility index (Phi) is 4.76. The monoisotopic (exact) mass is 365 g/mol. The molecule has 0 bridgehead atoms. The summed E-state index contributed by atoms with van der Waals surface area (Å²) in [4.78, 5) is 12.6. The Morgan fingerprint density at radius 1 is 1.16 bits per heavy atom. The van der Waals surface area contributed by atoms with E-state index in [9.17, 15) is 12.8 Å². The predicted octanol–water partition coefficient (Wildman–Crippen LogP) is 2.08. The van der Waals surface area contributed by atoms with E-state index in [2.05, 4.69) is 19.6 Å². The first-order chi connectivity index (χ1) is 11.9. The van der Waals surface area contributed by atoms with Gasteiger partial charge in [0, 0.05) is 27.2 Å². The minimum Gasteiger partial charge on any atom is -0.361 e. The van der Waals surface area contributed by atoms with Crippen molar-refractivity contribution in [2.24, 2.45) is 0 Å². The van der Waals surface area contributed by atoms with Gasteiger partial charge in [-0.1, -0.05) is 0 Å². The van der Waals surface area contributed by atoms with Gasteiger partial charge in [-0.2, -0.15) is 4.98 Å². The third-order valence-corrected chi connectivity index (χ3v) is 5.32. The van der Waals surface area contributed by atoms with Crippen molar-refractivity contribution < 1.29 is 12.8 Å². The SMILES string of the molecule is CN(C)c1nc(N2CCCC2)ncc1NS(=O)(=O)c1ccc(F)cc1. The summed E-state index contributed by atoms with van der Waals surface area (Å²) in [6.07, 6.45) is 3.66. The van der Waals surface area contributed by atoms with Gasteiger partial charge in [0.1, 0.15) is 11.5 Å². The molecule has 0 spiro atoms. The average Bonchev–Trinajstić information content (AvgIpc) is 3.09. The van der Waals surface area contributed by atoms with E-state index in [1.165, 1.54) is 18.3 Å². The standard InChI is InChI=1S/C16H20FN5O2S/c1-21(2)15-14(11-18-16(19-15)22-9-3-4-10-22)20-25(23,24)13-7-5-12(17)6-8-13/h5-8,11,20H,3-4,9-10H2,1-2H3. The second-order valence-corrected chi connectivity index (χ2v) is 7.74. The second kappa shape index (κ2) is 6.83. The van der Waals surface area contributed by atoms with Crippen LogP contribution in [0.4, 0.5) is 21.8 Å². The molecule has 1 N–H and O–H groups in total. The summed E-state index contributed by atoms with van der Waals surface area (Å²) in [6.45, 7) is 1.79. The van der Waals surface area contributed by atoms with Crippen molar-refractivity contribution in [2.75, 3.05) is 41.7 Å². The van der Waals surface area contributed by atoms with Crippen LogP contribution in [-0.2, 0) is 10.0 Å². The van der Waals surface area contributed by atoms with E-state index in [0.29, 0.717) is 11.8 Å². The number of benzene rings is 1. The molecule has 0 atom stereocenters. The minimum atomic E-state index is -3.85. The van der Waals surface area contributed by atoms with Gasteiger partial charge >= 0.3 is 0 Å². The van der Waals surface area contributed by atoms with Crippen molar-refractivity contribution in [1.82, 2.24) is 9.97 Å². The molecule has 25 heavy (non-hydrogen) atoms. The zero-order valence-corrected chi connectivity index (χ0v) is 14.9. The maximum atomic E-state index is 13.0. The number of sulfonamides is 1. The first kappa shape index (κ1) is 17.4. The van der Waals surface area contributed by atoms with Crippen LogP contribution in [0.2, 0.25) is 0 Å². The summed E-state index contributed by atoms with van der Waals surface area (Å²) in [6, 6.07) is 4.64.